The van der Waals surface area contributed by atoms with E-state index in [1.807, 2.05) is 18.2 Å². The molecule has 3 aromatic rings. The van der Waals surface area contributed by atoms with Crippen molar-refractivity contribution in [2.75, 3.05) is 44.8 Å². The molecule has 0 spiro atoms. The van der Waals surface area contributed by atoms with Crippen molar-refractivity contribution in [1.29, 1.82) is 0 Å². The van der Waals surface area contributed by atoms with Gasteiger partial charge in [-0.1, -0.05) is 24.6 Å². The van der Waals surface area contributed by atoms with Gasteiger partial charge < -0.3 is 24.4 Å². The van der Waals surface area contributed by atoms with Crippen molar-refractivity contribution >= 4 is 5.69 Å². The molecule has 1 saturated heterocycles. The van der Waals surface area contributed by atoms with Crippen LogP contribution in [0.25, 0.3) is 0 Å². The average Bonchev–Trinajstić information content (AvgIpc) is 2.99. The second kappa shape index (κ2) is 13.4. The SMILES string of the molecule is CCN(Cc1ccc(OCCCN2CCCCC2)c(F)c1)c1cc(OC)ccc1C1CCc2cc(O)ccc2C1. The Morgan fingerprint density at radius 3 is 2.62 bits per heavy atom. The Morgan fingerprint density at radius 1 is 1.00 bits per heavy atom. The molecule has 1 atom stereocenters. The van der Waals surface area contributed by atoms with Gasteiger partial charge >= 0.3 is 0 Å². The maximum atomic E-state index is 15.1. The van der Waals surface area contributed by atoms with Crippen LogP contribution in [-0.2, 0) is 19.4 Å². The number of phenolic OH excluding ortho intramolecular Hbond substituents is 1. The summed E-state index contributed by atoms with van der Waals surface area (Å²) in [6.45, 7) is 7.41. The van der Waals surface area contributed by atoms with Gasteiger partial charge in [0.05, 0.1) is 13.7 Å². The van der Waals surface area contributed by atoms with Gasteiger partial charge in [-0.05, 0) is 117 Å². The molecule has 0 amide bonds. The van der Waals surface area contributed by atoms with E-state index in [0.717, 1.165) is 55.8 Å². The van der Waals surface area contributed by atoms with E-state index in [1.54, 1.807) is 25.3 Å². The van der Waals surface area contributed by atoms with Gasteiger partial charge in [-0.2, -0.15) is 0 Å². The van der Waals surface area contributed by atoms with E-state index >= 15 is 4.39 Å². The lowest BCUT2D eigenvalue weighted by molar-refractivity contribution is 0.203. The fourth-order valence-corrected chi connectivity index (χ4v) is 6.28. The Labute approximate surface area is 238 Å². The molecule has 5 rings (SSSR count). The lowest BCUT2D eigenvalue weighted by Crippen LogP contribution is -2.31. The van der Waals surface area contributed by atoms with Gasteiger partial charge in [0.2, 0.25) is 0 Å². The summed E-state index contributed by atoms with van der Waals surface area (Å²) in [7, 11) is 1.69. The Balaban J connectivity index is 1.27. The minimum atomic E-state index is -0.301. The molecule has 3 aromatic carbocycles. The van der Waals surface area contributed by atoms with Crippen LogP contribution in [0.1, 0.15) is 67.2 Å². The number of hydrogen-bond acceptors (Lipinski definition) is 5. The van der Waals surface area contributed by atoms with Crippen LogP contribution in [-0.4, -0.2) is 49.9 Å². The zero-order valence-electron chi connectivity index (χ0n) is 24.0. The number of likely N-dealkylation sites (tertiary alicyclic amines) is 1. The molecule has 0 radical (unpaired) electrons. The van der Waals surface area contributed by atoms with E-state index in [2.05, 4.69) is 34.9 Å². The fourth-order valence-electron chi connectivity index (χ4n) is 6.28. The lowest BCUT2D eigenvalue weighted by atomic mass is 9.79. The molecule has 1 aliphatic heterocycles. The first-order valence-electron chi connectivity index (χ1n) is 14.9. The van der Waals surface area contributed by atoms with Crippen molar-refractivity contribution in [2.24, 2.45) is 0 Å². The van der Waals surface area contributed by atoms with Gasteiger partial charge in [0.25, 0.3) is 0 Å². The van der Waals surface area contributed by atoms with Crippen LogP contribution in [0.15, 0.2) is 54.6 Å². The third-order valence-corrected chi connectivity index (χ3v) is 8.51. The summed E-state index contributed by atoms with van der Waals surface area (Å²) in [5.41, 5.74) is 5.87. The van der Waals surface area contributed by atoms with Gasteiger partial charge in [0.1, 0.15) is 11.5 Å². The molecule has 0 saturated carbocycles. The van der Waals surface area contributed by atoms with Crippen LogP contribution in [0, 0.1) is 5.82 Å². The van der Waals surface area contributed by atoms with Crippen molar-refractivity contribution in [1.82, 2.24) is 4.90 Å². The van der Waals surface area contributed by atoms with Crippen LogP contribution in [0.2, 0.25) is 0 Å². The number of phenols is 1. The van der Waals surface area contributed by atoms with Crippen LogP contribution >= 0.6 is 0 Å². The van der Waals surface area contributed by atoms with Gasteiger partial charge in [0.15, 0.2) is 11.6 Å². The molecule has 1 fully saturated rings. The highest BCUT2D eigenvalue weighted by Crippen LogP contribution is 2.40. The van der Waals surface area contributed by atoms with E-state index in [1.165, 1.54) is 49.0 Å². The first-order chi connectivity index (χ1) is 19.5. The zero-order valence-corrected chi connectivity index (χ0v) is 24.0. The van der Waals surface area contributed by atoms with E-state index < -0.39 is 0 Å². The molecule has 1 aliphatic carbocycles. The first kappa shape index (κ1) is 28.3. The van der Waals surface area contributed by atoms with Crippen molar-refractivity contribution in [3.05, 3.63) is 82.7 Å². The number of hydrogen-bond donors (Lipinski definition) is 1. The number of methoxy groups -OCH3 is 1. The summed E-state index contributed by atoms with van der Waals surface area (Å²) in [5, 5.41) is 9.90. The summed E-state index contributed by atoms with van der Waals surface area (Å²) in [6, 6.07) is 17.4. The van der Waals surface area contributed by atoms with Crippen LogP contribution in [0.5, 0.6) is 17.2 Å². The molecule has 1 heterocycles. The molecule has 6 heteroatoms. The number of ether oxygens (including phenoxy) is 2. The van der Waals surface area contributed by atoms with Crippen LogP contribution in [0.3, 0.4) is 0 Å². The lowest BCUT2D eigenvalue weighted by Gasteiger charge is -2.32. The van der Waals surface area contributed by atoms with Gasteiger partial charge in [-0.3, -0.25) is 0 Å². The van der Waals surface area contributed by atoms with Gasteiger partial charge in [-0.25, -0.2) is 4.39 Å². The number of nitrogens with zero attached hydrogens (tertiary/aromatic N) is 2. The van der Waals surface area contributed by atoms with Crippen molar-refractivity contribution < 1.29 is 19.0 Å². The molecule has 0 bridgehead atoms. The molecule has 214 valence electrons. The second-order valence-electron chi connectivity index (χ2n) is 11.2. The molecule has 2 aliphatic rings. The van der Waals surface area contributed by atoms with E-state index in [4.69, 9.17) is 9.47 Å². The number of aromatic hydroxyl groups is 1. The Morgan fingerprint density at radius 2 is 1.85 bits per heavy atom. The monoisotopic (exact) mass is 546 g/mol. The number of piperidine rings is 1. The van der Waals surface area contributed by atoms with Crippen LogP contribution < -0.4 is 14.4 Å². The highest BCUT2D eigenvalue weighted by molar-refractivity contribution is 5.60. The topological polar surface area (TPSA) is 45.2 Å². The van der Waals surface area contributed by atoms with Crippen molar-refractivity contribution in [2.45, 2.75) is 64.3 Å². The highest BCUT2D eigenvalue weighted by atomic mass is 19.1. The highest BCUT2D eigenvalue weighted by Gasteiger charge is 2.25. The normalized spacial score (nSPS) is 17.3. The van der Waals surface area contributed by atoms with Gasteiger partial charge in [0, 0.05) is 31.4 Å². The summed E-state index contributed by atoms with van der Waals surface area (Å²) in [5.74, 6) is 1.55. The predicted molar refractivity (Wildman–Crippen MR) is 159 cm³/mol. The quantitative estimate of drug-likeness (QED) is 0.260. The molecular formula is C34H43FN2O3. The molecule has 0 aromatic heterocycles. The minimum Gasteiger partial charge on any atom is -0.508 e. The fraction of sp³-hybridized carbons (Fsp3) is 0.471. The van der Waals surface area contributed by atoms with Crippen molar-refractivity contribution in [3.63, 3.8) is 0 Å². The molecule has 5 nitrogen and oxygen atoms in total. The van der Waals surface area contributed by atoms with E-state index in [0.29, 0.717) is 30.6 Å². The first-order valence-corrected chi connectivity index (χ1v) is 14.9. The molecule has 1 N–H and O–H groups in total. The second-order valence-corrected chi connectivity index (χ2v) is 11.2. The number of halogens is 1. The van der Waals surface area contributed by atoms with Crippen molar-refractivity contribution in [3.8, 4) is 17.2 Å². The predicted octanol–water partition coefficient (Wildman–Crippen LogP) is 7.09. The Kier molecular flexibility index (Phi) is 9.48. The molecule has 40 heavy (non-hydrogen) atoms. The zero-order chi connectivity index (χ0) is 27.9. The summed E-state index contributed by atoms with van der Waals surface area (Å²) in [4.78, 5) is 4.79. The van der Waals surface area contributed by atoms with Gasteiger partial charge in [-0.15, -0.1) is 0 Å². The largest absolute Gasteiger partial charge is 0.508 e. The number of aryl methyl sites for hydroxylation is 1. The standard InChI is InChI=1S/C34H43FN2O3/c1-3-37(24-25-8-15-34(32(35)20-25)40-19-7-18-36-16-5-4-6-17-36)33-23-30(39-2)13-14-31(33)28-10-9-27-22-29(38)12-11-26(27)21-28/h8,11-15,20,22-23,28,38H,3-7,9-10,16-19,21,24H2,1-2H3. The summed E-state index contributed by atoms with van der Waals surface area (Å²) < 4.78 is 26.5. The molecular weight excluding hydrogens is 503 g/mol. The minimum absolute atomic E-state index is 0.301. The third-order valence-electron chi connectivity index (χ3n) is 8.51. The van der Waals surface area contributed by atoms with E-state index in [9.17, 15) is 5.11 Å². The van der Waals surface area contributed by atoms with E-state index in [-0.39, 0.29) is 5.82 Å². The number of benzene rings is 3. The third kappa shape index (κ3) is 6.90. The smallest absolute Gasteiger partial charge is 0.165 e. The molecule has 1 unspecified atom stereocenters. The Bertz CT molecular complexity index is 1270. The summed E-state index contributed by atoms with van der Waals surface area (Å²) >= 11 is 0. The number of rotatable bonds is 11. The average molecular weight is 547 g/mol. The van der Waals surface area contributed by atoms with Crippen LogP contribution in [0.4, 0.5) is 10.1 Å². The summed E-state index contributed by atoms with van der Waals surface area (Å²) in [6.07, 6.45) is 7.70. The number of anilines is 1. The maximum Gasteiger partial charge on any atom is 0.165 e. The maximum absolute atomic E-state index is 15.1. The Hall–Kier alpha value is -3.25. The number of fused-ring (bicyclic) bond motifs is 1.